The molecule has 118 valence electrons. The molecule has 6 heteroatoms. The lowest BCUT2D eigenvalue weighted by molar-refractivity contribution is -0.121. The highest BCUT2D eigenvalue weighted by atomic mass is 35.5. The number of fused-ring (bicyclic) bond motifs is 1. The standard InChI is InChI=1S/C17H15ClFN3O/c18-13-6-7-16-21-14(11-22(16)10-13)9-20-17(23)8-5-12-3-1-2-4-15(12)19/h1-4,6-7,10-11H,5,8-9H2,(H,20,23). The maximum atomic E-state index is 13.5. The minimum absolute atomic E-state index is 0.136. The van der Waals surface area contributed by atoms with E-state index in [1.54, 1.807) is 30.5 Å². The maximum Gasteiger partial charge on any atom is 0.220 e. The predicted octanol–water partition coefficient (Wildman–Crippen LogP) is 3.38. The molecule has 4 nitrogen and oxygen atoms in total. The van der Waals surface area contributed by atoms with E-state index in [0.29, 0.717) is 23.6 Å². The fourth-order valence-electron chi connectivity index (χ4n) is 2.33. The van der Waals surface area contributed by atoms with Crippen LogP contribution in [-0.4, -0.2) is 15.3 Å². The van der Waals surface area contributed by atoms with Crippen LogP contribution in [0, 0.1) is 5.82 Å². The summed E-state index contributed by atoms with van der Waals surface area (Å²) < 4.78 is 15.3. The Morgan fingerprint density at radius 3 is 2.87 bits per heavy atom. The summed E-state index contributed by atoms with van der Waals surface area (Å²) in [6.45, 7) is 0.329. The number of imidazole rings is 1. The second-order valence-corrected chi connectivity index (χ2v) is 5.65. The van der Waals surface area contributed by atoms with Gasteiger partial charge in [-0.25, -0.2) is 9.37 Å². The molecule has 1 amide bonds. The molecule has 0 saturated heterocycles. The molecule has 1 N–H and O–H groups in total. The molecular weight excluding hydrogens is 317 g/mol. The molecule has 23 heavy (non-hydrogen) atoms. The van der Waals surface area contributed by atoms with Crippen molar-refractivity contribution in [3.8, 4) is 0 Å². The second kappa shape index (κ2) is 6.79. The van der Waals surface area contributed by atoms with Gasteiger partial charge >= 0.3 is 0 Å². The summed E-state index contributed by atoms with van der Waals surface area (Å²) >= 11 is 5.92. The molecule has 2 aromatic heterocycles. The van der Waals surface area contributed by atoms with Crippen LogP contribution < -0.4 is 5.32 Å². The molecular formula is C17H15ClFN3O. The number of rotatable bonds is 5. The number of amides is 1. The monoisotopic (exact) mass is 331 g/mol. The average Bonchev–Trinajstić information content (AvgIpc) is 2.94. The van der Waals surface area contributed by atoms with Crippen molar-refractivity contribution in [2.75, 3.05) is 0 Å². The van der Waals surface area contributed by atoms with Crippen molar-refractivity contribution in [3.05, 3.63) is 70.9 Å². The summed E-state index contributed by atoms with van der Waals surface area (Å²) in [5, 5.41) is 3.41. The molecule has 0 bridgehead atoms. The van der Waals surface area contributed by atoms with Gasteiger partial charge in [0.05, 0.1) is 17.3 Å². The van der Waals surface area contributed by atoms with Crippen LogP contribution in [0.5, 0.6) is 0 Å². The Kier molecular flexibility index (Phi) is 4.57. The highest BCUT2D eigenvalue weighted by molar-refractivity contribution is 6.30. The molecule has 3 aromatic rings. The lowest BCUT2D eigenvalue weighted by Crippen LogP contribution is -2.23. The zero-order valence-electron chi connectivity index (χ0n) is 12.3. The number of hydrogen-bond acceptors (Lipinski definition) is 2. The van der Waals surface area contributed by atoms with Crippen LogP contribution in [0.25, 0.3) is 5.65 Å². The zero-order chi connectivity index (χ0) is 16.2. The first-order valence-corrected chi connectivity index (χ1v) is 7.63. The van der Waals surface area contributed by atoms with Crippen molar-refractivity contribution in [1.82, 2.24) is 14.7 Å². The number of carbonyl (C=O) groups excluding carboxylic acids is 1. The first-order valence-electron chi connectivity index (χ1n) is 7.25. The van der Waals surface area contributed by atoms with Crippen molar-refractivity contribution in [3.63, 3.8) is 0 Å². The number of aromatic nitrogens is 2. The van der Waals surface area contributed by atoms with Gasteiger partial charge in [-0.3, -0.25) is 4.79 Å². The van der Waals surface area contributed by atoms with Crippen LogP contribution >= 0.6 is 11.6 Å². The van der Waals surface area contributed by atoms with E-state index in [0.717, 1.165) is 11.3 Å². The van der Waals surface area contributed by atoms with Crippen LogP contribution in [0.3, 0.4) is 0 Å². The average molecular weight is 332 g/mol. The van der Waals surface area contributed by atoms with Gasteiger partial charge in [-0.2, -0.15) is 0 Å². The van der Waals surface area contributed by atoms with E-state index in [9.17, 15) is 9.18 Å². The fraction of sp³-hybridized carbons (Fsp3) is 0.176. The van der Waals surface area contributed by atoms with E-state index in [2.05, 4.69) is 10.3 Å². The van der Waals surface area contributed by atoms with Gasteiger partial charge in [0.1, 0.15) is 11.5 Å². The quantitative estimate of drug-likeness (QED) is 0.779. The minimum Gasteiger partial charge on any atom is -0.350 e. The Morgan fingerprint density at radius 1 is 1.22 bits per heavy atom. The smallest absolute Gasteiger partial charge is 0.220 e. The number of aryl methyl sites for hydroxylation is 1. The molecule has 0 atom stereocenters. The Hall–Kier alpha value is -2.40. The number of nitrogens with zero attached hydrogens (tertiary/aromatic N) is 2. The highest BCUT2D eigenvalue weighted by Gasteiger charge is 2.07. The fourth-order valence-corrected chi connectivity index (χ4v) is 2.50. The van der Waals surface area contributed by atoms with E-state index in [1.807, 2.05) is 16.7 Å². The first kappa shape index (κ1) is 15.5. The molecule has 3 rings (SSSR count). The van der Waals surface area contributed by atoms with E-state index in [-0.39, 0.29) is 18.1 Å². The summed E-state index contributed by atoms with van der Waals surface area (Å²) in [5.41, 5.74) is 2.06. The molecule has 0 fully saturated rings. The Labute approximate surface area is 137 Å². The molecule has 0 aliphatic heterocycles. The number of hydrogen-bond donors (Lipinski definition) is 1. The number of halogens is 2. The first-order chi connectivity index (χ1) is 11.1. The predicted molar refractivity (Wildman–Crippen MR) is 86.8 cm³/mol. The van der Waals surface area contributed by atoms with Gasteiger partial charge in [-0.05, 0) is 30.2 Å². The summed E-state index contributed by atoms with van der Waals surface area (Å²) in [5.74, 6) is -0.416. The van der Waals surface area contributed by atoms with E-state index in [4.69, 9.17) is 11.6 Å². The normalized spacial score (nSPS) is 10.9. The van der Waals surface area contributed by atoms with Gasteiger partial charge in [0.25, 0.3) is 0 Å². The van der Waals surface area contributed by atoms with E-state index in [1.165, 1.54) is 6.07 Å². The summed E-state index contributed by atoms with van der Waals surface area (Å²) in [7, 11) is 0. The molecule has 0 aliphatic rings. The van der Waals surface area contributed by atoms with Crippen molar-refractivity contribution in [1.29, 1.82) is 0 Å². The zero-order valence-corrected chi connectivity index (χ0v) is 13.1. The van der Waals surface area contributed by atoms with Crippen LogP contribution in [-0.2, 0) is 17.8 Å². The third-order valence-electron chi connectivity index (χ3n) is 3.51. The van der Waals surface area contributed by atoms with Gasteiger partial charge < -0.3 is 9.72 Å². The second-order valence-electron chi connectivity index (χ2n) is 5.21. The molecule has 0 radical (unpaired) electrons. The van der Waals surface area contributed by atoms with Gasteiger partial charge in [-0.15, -0.1) is 0 Å². The number of benzene rings is 1. The van der Waals surface area contributed by atoms with Crippen LogP contribution in [0.15, 0.2) is 48.8 Å². The van der Waals surface area contributed by atoms with Crippen molar-refractivity contribution < 1.29 is 9.18 Å². The lowest BCUT2D eigenvalue weighted by atomic mass is 10.1. The van der Waals surface area contributed by atoms with Crippen LogP contribution in [0.2, 0.25) is 5.02 Å². The molecule has 0 saturated carbocycles. The van der Waals surface area contributed by atoms with E-state index >= 15 is 0 Å². The van der Waals surface area contributed by atoms with Gasteiger partial charge in [0.15, 0.2) is 0 Å². The van der Waals surface area contributed by atoms with Crippen molar-refractivity contribution in [2.24, 2.45) is 0 Å². The number of pyridine rings is 1. The minimum atomic E-state index is -0.280. The van der Waals surface area contributed by atoms with E-state index < -0.39 is 0 Å². The van der Waals surface area contributed by atoms with Gasteiger partial charge in [0, 0.05) is 18.8 Å². The van der Waals surface area contributed by atoms with Crippen molar-refractivity contribution in [2.45, 2.75) is 19.4 Å². The number of nitrogens with one attached hydrogen (secondary N) is 1. The number of carbonyl (C=O) groups is 1. The molecule has 0 unspecified atom stereocenters. The lowest BCUT2D eigenvalue weighted by Gasteiger charge is -2.04. The van der Waals surface area contributed by atoms with Crippen LogP contribution in [0.4, 0.5) is 4.39 Å². The summed E-state index contributed by atoms with van der Waals surface area (Å²) in [4.78, 5) is 16.3. The summed E-state index contributed by atoms with van der Waals surface area (Å²) in [6, 6.07) is 10.1. The Bertz CT molecular complexity index is 847. The molecule has 0 aliphatic carbocycles. The Balaban J connectivity index is 1.54. The maximum absolute atomic E-state index is 13.5. The van der Waals surface area contributed by atoms with Crippen molar-refractivity contribution >= 4 is 23.2 Å². The largest absolute Gasteiger partial charge is 0.350 e. The Morgan fingerprint density at radius 2 is 2.04 bits per heavy atom. The highest BCUT2D eigenvalue weighted by Crippen LogP contribution is 2.12. The topological polar surface area (TPSA) is 46.4 Å². The molecule has 2 heterocycles. The third-order valence-corrected chi connectivity index (χ3v) is 3.73. The van der Waals surface area contributed by atoms with Gasteiger partial charge in [0.2, 0.25) is 5.91 Å². The molecule has 1 aromatic carbocycles. The molecule has 0 spiro atoms. The SMILES string of the molecule is O=C(CCc1ccccc1F)NCc1cn2cc(Cl)ccc2n1. The summed E-state index contributed by atoms with van der Waals surface area (Å²) in [6.07, 6.45) is 4.19. The van der Waals surface area contributed by atoms with Gasteiger partial charge in [-0.1, -0.05) is 29.8 Å². The third kappa shape index (κ3) is 3.87. The van der Waals surface area contributed by atoms with Crippen LogP contribution in [0.1, 0.15) is 17.7 Å².